The Morgan fingerprint density at radius 1 is 1.36 bits per heavy atom. The van der Waals surface area contributed by atoms with Gasteiger partial charge in [-0.2, -0.15) is 12.7 Å². The van der Waals surface area contributed by atoms with E-state index in [1.165, 1.54) is 4.31 Å². The Balaban J connectivity index is 0.00000169. The molecule has 80 valence electrons. The molecule has 0 saturated carbocycles. The van der Waals surface area contributed by atoms with Crippen molar-refractivity contribution in [3.05, 3.63) is 0 Å². The van der Waals surface area contributed by atoms with E-state index in [-0.39, 0.29) is 36.2 Å². The molecule has 14 heavy (non-hydrogen) atoms. The summed E-state index contributed by atoms with van der Waals surface area (Å²) in [5.74, 6) is 0. The second-order valence-corrected chi connectivity index (χ2v) is 4.40. The first-order valence-corrected chi connectivity index (χ1v) is 5.75. The fourth-order valence-corrected chi connectivity index (χ4v) is 2.16. The number of nitrogens with zero attached hydrogens (tertiary/aromatic N) is 1. The van der Waals surface area contributed by atoms with Gasteiger partial charge < -0.3 is 4.74 Å². The van der Waals surface area contributed by atoms with Gasteiger partial charge in [0.1, 0.15) is 0 Å². The molecule has 0 amide bonds. The van der Waals surface area contributed by atoms with Crippen LogP contribution >= 0.6 is 0 Å². The Labute approximate surface area is 107 Å². The van der Waals surface area contributed by atoms with E-state index in [0.717, 1.165) is 0 Å². The van der Waals surface area contributed by atoms with Crippen molar-refractivity contribution in [2.45, 2.75) is 13.3 Å². The molecule has 1 saturated heterocycles. The van der Waals surface area contributed by atoms with Crippen LogP contribution in [0.1, 0.15) is 13.3 Å². The van der Waals surface area contributed by atoms with E-state index in [2.05, 4.69) is 0 Å². The normalized spacial score (nSPS) is 18.9. The van der Waals surface area contributed by atoms with Crippen LogP contribution in [-0.2, 0) is 19.2 Å². The first-order valence-electron chi connectivity index (χ1n) is 4.39. The summed E-state index contributed by atoms with van der Waals surface area (Å²) >= 11 is 0. The van der Waals surface area contributed by atoms with Crippen LogP contribution in [0.3, 0.4) is 0 Å². The minimum absolute atomic E-state index is 0. The molecule has 1 aliphatic heterocycles. The molecule has 1 rings (SSSR count). The SMILES string of the molecule is CCCOS(=O)(=O)N1CCOCC1.[NaH]. The molecule has 0 bridgehead atoms. The molecular formula is C7H16NNaO4S. The predicted molar refractivity (Wildman–Crippen MR) is 54.7 cm³/mol. The summed E-state index contributed by atoms with van der Waals surface area (Å²) in [4.78, 5) is 0. The zero-order chi connectivity index (χ0) is 9.73. The molecule has 5 nitrogen and oxygen atoms in total. The summed E-state index contributed by atoms with van der Waals surface area (Å²) in [7, 11) is -3.49. The number of hydrogen-bond donors (Lipinski definition) is 0. The van der Waals surface area contributed by atoms with Crippen LogP contribution in [-0.4, -0.2) is 75.2 Å². The topological polar surface area (TPSA) is 55.8 Å². The van der Waals surface area contributed by atoms with Gasteiger partial charge in [-0.25, -0.2) is 0 Å². The second-order valence-electron chi connectivity index (χ2n) is 2.79. The zero-order valence-corrected chi connectivity index (χ0v) is 8.55. The van der Waals surface area contributed by atoms with E-state index in [9.17, 15) is 8.42 Å². The van der Waals surface area contributed by atoms with Crippen molar-refractivity contribution in [3.63, 3.8) is 0 Å². The van der Waals surface area contributed by atoms with E-state index >= 15 is 0 Å². The minimum atomic E-state index is -3.49. The van der Waals surface area contributed by atoms with Gasteiger partial charge in [-0.3, -0.25) is 4.18 Å². The van der Waals surface area contributed by atoms with Gasteiger partial charge in [-0.15, -0.1) is 0 Å². The quantitative estimate of drug-likeness (QED) is 0.605. The van der Waals surface area contributed by atoms with Gasteiger partial charge in [-0.1, -0.05) is 6.92 Å². The van der Waals surface area contributed by atoms with E-state index in [1.807, 2.05) is 6.92 Å². The number of ether oxygens (including phenoxy) is 1. The summed E-state index contributed by atoms with van der Waals surface area (Å²) in [5, 5.41) is 0. The van der Waals surface area contributed by atoms with Gasteiger partial charge in [0.15, 0.2) is 0 Å². The Morgan fingerprint density at radius 3 is 2.43 bits per heavy atom. The summed E-state index contributed by atoms with van der Waals surface area (Å²) in [6.07, 6.45) is 0.698. The zero-order valence-electron chi connectivity index (χ0n) is 7.73. The molecule has 0 aromatic carbocycles. The third kappa shape index (κ3) is 4.57. The average molecular weight is 233 g/mol. The Hall–Kier alpha value is 0.830. The maximum atomic E-state index is 11.4. The molecule has 0 radical (unpaired) electrons. The molecule has 0 unspecified atom stereocenters. The van der Waals surface area contributed by atoms with Crippen molar-refractivity contribution in [2.75, 3.05) is 32.9 Å². The molecular weight excluding hydrogens is 217 g/mol. The second kappa shape index (κ2) is 7.16. The molecule has 1 fully saturated rings. The van der Waals surface area contributed by atoms with Crippen LogP contribution in [0.5, 0.6) is 0 Å². The molecule has 0 aromatic heterocycles. The van der Waals surface area contributed by atoms with E-state index < -0.39 is 10.3 Å². The van der Waals surface area contributed by atoms with E-state index in [0.29, 0.717) is 32.7 Å². The van der Waals surface area contributed by atoms with Crippen molar-refractivity contribution in [3.8, 4) is 0 Å². The number of hydrogen-bond acceptors (Lipinski definition) is 4. The first kappa shape index (κ1) is 14.8. The molecule has 0 aliphatic carbocycles. The van der Waals surface area contributed by atoms with Crippen molar-refractivity contribution in [1.29, 1.82) is 0 Å². The standard InChI is InChI=1S/C7H15NO4S.Na.H/c1-2-5-12-13(9,10)8-3-6-11-7-4-8;;/h2-7H2,1H3;;. The summed E-state index contributed by atoms with van der Waals surface area (Å²) < 4.78 is 33.9. The van der Waals surface area contributed by atoms with Gasteiger partial charge >= 0.3 is 39.9 Å². The van der Waals surface area contributed by atoms with Crippen LogP contribution in [0, 0.1) is 0 Å². The molecule has 7 heteroatoms. The summed E-state index contributed by atoms with van der Waals surface area (Å²) in [6.45, 7) is 3.82. The first-order chi connectivity index (χ1) is 6.17. The van der Waals surface area contributed by atoms with Crippen molar-refractivity contribution in [1.82, 2.24) is 4.31 Å². The molecule has 0 aromatic rings. The molecule has 0 spiro atoms. The van der Waals surface area contributed by atoms with Crippen LogP contribution in [0.2, 0.25) is 0 Å². The Bertz CT molecular complexity index is 238. The van der Waals surface area contributed by atoms with Crippen LogP contribution < -0.4 is 0 Å². The van der Waals surface area contributed by atoms with Gasteiger partial charge in [-0.05, 0) is 6.42 Å². The fraction of sp³-hybridized carbons (Fsp3) is 1.00. The number of morpholine rings is 1. The van der Waals surface area contributed by atoms with Gasteiger partial charge in [0.25, 0.3) is 0 Å². The molecule has 1 aliphatic rings. The van der Waals surface area contributed by atoms with Crippen molar-refractivity contribution < 1.29 is 17.3 Å². The summed E-state index contributed by atoms with van der Waals surface area (Å²) in [6, 6.07) is 0. The third-order valence-corrected chi connectivity index (χ3v) is 3.18. The monoisotopic (exact) mass is 233 g/mol. The van der Waals surface area contributed by atoms with Crippen LogP contribution in [0.4, 0.5) is 0 Å². The van der Waals surface area contributed by atoms with Gasteiger partial charge in [0.2, 0.25) is 0 Å². The van der Waals surface area contributed by atoms with E-state index in [1.54, 1.807) is 0 Å². The fourth-order valence-electron chi connectivity index (χ4n) is 1.03. The molecule has 0 N–H and O–H groups in total. The molecule has 1 heterocycles. The number of rotatable bonds is 4. The maximum absolute atomic E-state index is 11.4. The Kier molecular flexibility index (Phi) is 7.59. The van der Waals surface area contributed by atoms with Crippen LogP contribution in [0.15, 0.2) is 0 Å². The summed E-state index contributed by atoms with van der Waals surface area (Å²) in [5.41, 5.74) is 0. The predicted octanol–water partition coefficient (Wildman–Crippen LogP) is -0.659. The van der Waals surface area contributed by atoms with Crippen molar-refractivity contribution >= 4 is 39.9 Å². The third-order valence-electron chi connectivity index (χ3n) is 1.72. The van der Waals surface area contributed by atoms with Crippen molar-refractivity contribution in [2.24, 2.45) is 0 Å². The van der Waals surface area contributed by atoms with Gasteiger partial charge in [0, 0.05) is 13.1 Å². The van der Waals surface area contributed by atoms with Crippen LogP contribution in [0.25, 0.3) is 0 Å². The Morgan fingerprint density at radius 2 is 1.93 bits per heavy atom. The molecule has 0 atom stereocenters. The van der Waals surface area contributed by atoms with E-state index in [4.69, 9.17) is 8.92 Å². The van der Waals surface area contributed by atoms with Gasteiger partial charge in [0.05, 0.1) is 19.8 Å². The average Bonchev–Trinajstić information content (AvgIpc) is 2.16.